The highest BCUT2D eigenvalue weighted by Crippen LogP contribution is 2.19. The number of ether oxygens (including phenoxy) is 2. The van der Waals surface area contributed by atoms with Gasteiger partial charge in [0.1, 0.15) is 18.0 Å². The Morgan fingerprint density at radius 3 is 2.45 bits per heavy atom. The minimum atomic E-state index is -0.503. The summed E-state index contributed by atoms with van der Waals surface area (Å²) in [6, 6.07) is 17.1. The Morgan fingerprint density at radius 2 is 1.77 bits per heavy atom. The monoisotopic (exact) mass is 424 g/mol. The summed E-state index contributed by atoms with van der Waals surface area (Å²) >= 11 is 0. The van der Waals surface area contributed by atoms with Crippen LogP contribution in [0.15, 0.2) is 54.6 Å². The average Bonchev–Trinajstić information content (AvgIpc) is 2.76. The Hall–Kier alpha value is -3.02. The maximum atomic E-state index is 12.5. The highest BCUT2D eigenvalue weighted by molar-refractivity contribution is 5.94. The first-order chi connectivity index (χ1) is 14.8. The van der Waals surface area contributed by atoms with Crippen molar-refractivity contribution in [3.63, 3.8) is 0 Å². The van der Waals surface area contributed by atoms with Crippen LogP contribution in [0.1, 0.15) is 49.5 Å². The van der Waals surface area contributed by atoms with Crippen molar-refractivity contribution in [3.8, 4) is 5.75 Å². The van der Waals surface area contributed by atoms with Gasteiger partial charge in [-0.05, 0) is 69.4 Å². The summed E-state index contributed by atoms with van der Waals surface area (Å²) < 4.78 is 11.2. The van der Waals surface area contributed by atoms with Crippen LogP contribution in [0.4, 0.5) is 4.79 Å². The molecule has 166 valence electrons. The quantitative estimate of drug-likeness (QED) is 0.733. The molecule has 0 saturated carbocycles. The molecule has 1 atom stereocenters. The van der Waals surface area contributed by atoms with E-state index >= 15 is 0 Å². The number of carbonyl (C=O) groups is 2. The van der Waals surface area contributed by atoms with Gasteiger partial charge in [0.2, 0.25) is 0 Å². The van der Waals surface area contributed by atoms with Gasteiger partial charge < -0.3 is 19.7 Å². The number of benzene rings is 2. The van der Waals surface area contributed by atoms with Gasteiger partial charge in [-0.15, -0.1) is 0 Å². The van der Waals surface area contributed by atoms with Gasteiger partial charge in [0.25, 0.3) is 5.91 Å². The van der Waals surface area contributed by atoms with E-state index in [9.17, 15) is 9.59 Å². The molecule has 2 aromatic carbocycles. The molecule has 2 amide bonds. The second kappa shape index (κ2) is 10.3. The number of hydrogen-bond donors (Lipinski definition) is 1. The topological polar surface area (TPSA) is 67.9 Å². The van der Waals surface area contributed by atoms with Crippen molar-refractivity contribution in [2.24, 2.45) is 5.92 Å². The van der Waals surface area contributed by atoms with Crippen molar-refractivity contribution in [2.45, 2.75) is 45.8 Å². The number of rotatable bonds is 6. The van der Waals surface area contributed by atoms with Crippen molar-refractivity contribution >= 4 is 12.0 Å². The molecular weight excluding hydrogens is 392 g/mol. The summed E-state index contributed by atoms with van der Waals surface area (Å²) in [4.78, 5) is 26.6. The van der Waals surface area contributed by atoms with E-state index in [1.54, 1.807) is 4.90 Å². The van der Waals surface area contributed by atoms with E-state index in [0.717, 1.165) is 24.2 Å². The van der Waals surface area contributed by atoms with Crippen LogP contribution >= 0.6 is 0 Å². The lowest BCUT2D eigenvalue weighted by Crippen LogP contribution is -2.45. The number of likely N-dealkylation sites (tertiary alicyclic amines) is 1. The largest absolute Gasteiger partial charge is 0.489 e. The zero-order chi connectivity index (χ0) is 22.3. The second-order valence-electron chi connectivity index (χ2n) is 8.94. The third-order valence-corrected chi connectivity index (χ3v) is 5.09. The van der Waals surface area contributed by atoms with Gasteiger partial charge in [-0.25, -0.2) is 4.79 Å². The van der Waals surface area contributed by atoms with Gasteiger partial charge in [-0.3, -0.25) is 4.79 Å². The highest BCUT2D eigenvalue weighted by Gasteiger charge is 2.27. The predicted octanol–water partition coefficient (Wildman–Crippen LogP) is 4.64. The summed E-state index contributed by atoms with van der Waals surface area (Å²) in [5, 5.41) is 3.00. The van der Waals surface area contributed by atoms with Crippen LogP contribution in [0.5, 0.6) is 5.75 Å². The number of amides is 2. The molecule has 1 aliphatic rings. The number of nitrogens with zero attached hydrogens (tertiary/aromatic N) is 1. The number of piperidine rings is 1. The van der Waals surface area contributed by atoms with Gasteiger partial charge in [-0.2, -0.15) is 0 Å². The molecule has 0 bridgehead atoms. The number of carbonyl (C=O) groups excluding carboxylic acids is 2. The van der Waals surface area contributed by atoms with E-state index in [1.807, 2.05) is 75.4 Å². The lowest BCUT2D eigenvalue weighted by molar-refractivity contribution is 0.0167. The minimum Gasteiger partial charge on any atom is -0.489 e. The zero-order valence-electron chi connectivity index (χ0n) is 18.6. The van der Waals surface area contributed by atoms with Crippen molar-refractivity contribution < 1.29 is 19.1 Å². The highest BCUT2D eigenvalue weighted by atomic mass is 16.6. The third-order valence-electron chi connectivity index (χ3n) is 5.09. The Morgan fingerprint density at radius 1 is 1.06 bits per heavy atom. The summed E-state index contributed by atoms with van der Waals surface area (Å²) in [6.45, 7) is 7.89. The minimum absolute atomic E-state index is 0.107. The molecule has 3 rings (SSSR count). The first kappa shape index (κ1) is 22.7. The number of para-hydroxylation sites is 1. The fraction of sp³-hybridized carbons (Fsp3) is 0.440. The van der Waals surface area contributed by atoms with E-state index in [-0.39, 0.29) is 17.9 Å². The maximum Gasteiger partial charge on any atom is 0.410 e. The molecule has 1 saturated heterocycles. The summed E-state index contributed by atoms with van der Waals surface area (Å²) in [7, 11) is 0. The molecule has 1 fully saturated rings. The first-order valence-corrected chi connectivity index (χ1v) is 10.8. The molecule has 0 aromatic heterocycles. The first-order valence-electron chi connectivity index (χ1n) is 10.8. The lowest BCUT2D eigenvalue weighted by Gasteiger charge is -2.34. The van der Waals surface area contributed by atoms with Crippen molar-refractivity contribution in [3.05, 3.63) is 65.7 Å². The van der Waals surface area contributed by atoms with Gasteiger partial charge in [-0.1, -0.05) is 30.3 Å². The molecule has 1 aliphatic heterocycles. The molecule has 1 N–H and O–H groups in total. The Labute approximate surface area is 184 Å². The lowest BCUT2D eigenvalue weighted by atomic mass is 9.98. The third kappa shape index (κ3) is 7.31. The summed E-state index contributed by atoms with van der Waals surface area (Å²) in [5.74, 6) is 0.936. The molecule has 6 nitrogen and oxygen atoms in total. The predicted molar refractivity (Wildman–Crippen MR) is 120 cm³/mol. The summed E-state index contributed by atoms with van der Waals surface area (Å²) in [5.41, 5.74) is 1.11. The molecule has 1 heterocycles. The molecule has 0 spiro atoms. The smallest absolute Gasteiger partial charge is 0.410 e. The van der Waals surface area contributed by atoms with Gasteiger partial charge >= 0.3 is 6.09 Å². The van der Waals surface area contributed by atoms with Crippen LogP contribution in [0.2, 0.25) is 0 Å². The van der Waals surface area contributed by atoms with Crippen LogP contribution < -0.4 is 10.1 Å². The van der Waals surface area contributed by atoms with Crippen molar-refractivity contribution in [1.82, 2.24) is 10.2 Å². The maximum absolute atomic E-state index is 12.5. The van der Waals surface area contributed by atoms with Crippen LogP contribution in [-0.2, 0) is 11.3 Å². The fourth-order valence-corrected chi connectivity index (χ4v) is 3.50. The molecule has 2 aromatic rings. The molecule has 6 heteroatoms. The van der Waals surface area contributed by atoms with Gasteiger partial charge in [0.15, 0.2) is 0 Å². The Kier molecular flexibility index (Phi) is 7.55. The molecule has 0 radical (unpaired) electrons. The molecule has 0 aliphatic carbocycles. The Balaban J connectivity index is 1.45. The van der Waals surface area contributed by atoms with Crippen LogP contribution in [0.3, 0.4) is 0 Å². The molecular formula is C25H32N2O4. The second-order valence-corrected chi connectivity index (χ2v) is 8.94. The normalized spacial score (nSPS) is 16.5. The van der Waals surface area contributed by atoms with Crippen LogP contribution in [0, 0.1) is 5.92 Å². The Bertz CT molecular complexity index is 859. The zero-order valence-corrected chi connectivity index (χ0v) is 18.6. The molecule has 31 heavy (non-hydrogen) atoms. The van der Waals surface area contributed by atoms with Crippen LogP contribution in [-0.4, -0.2) is 42.1 Å². The fourth-order valence-electron chi connectivity index (χ4n) is 3.50. The SMILES string of the molecule is CC(C)(C)OC(=O)N1CCCC(CNC(=O)c2ccc(COc3ccccc3)cc2)C1. The molecule has 1 unspecified atom stereocenters. The standard InChI is InChI=1S/C25H32N2O4/c1-25(2,3)31-24(29)27-15-7-8-20(17-27)16-26-23(28)21-13-11-19(12-14-21)18-30-22-9-5-4-6-10-22/h4-6,9-14,20H,7-8,15-18H2,1-3H3,(H,26,28). The van der Waals surface area contributed by atoms with E-state index in [0.29, 0.717) is 31.8 Å². The number of nitrogens with one attached hydrogen (secondary N) is 1. The average molecular weight is 425 g/mol. The van der Waals surface area contributed by atoms with E-state index in [2.05, 4.69) is 5.32 Å². The van der Waals surface area contributed by atoms with E-state index in [1.165, 1.54) is 0 Å². The van der Waals surface area contributed by atoms with Crippen molar-refractivity contribution in [2.75, 3.05) is 19.6 Å². The number of hydrogen-bond acceptors (Lipinski definition) is 4. The van der Waals surface area contributed by atoms with Gasteiger partial charge in [0, 0.05) is 25.2 Å². The van der Waals surface area contributed by atoms with E-state index < -0.39 is 5.60 Å². The summed E-state index contributed by atoms with van der Waals surface area (Å²) in [6.07, 6.45) is 1.61. The van der Waals surface area contributed by atoms with Crippen molar-refractivity contribution in [1.29, 1.82) is 0 Å². The van der Waals surface area contributed by atoms with E-state index in [4.69, 9.17) is 9.47 Å². The van der Waals surface area contributed by atoms with Crippen LogP contribution in [0.25, 0.3) is 0 Å². The van der Waals surface area contributed by atoms with Gasteiger partial charge in [0.05, 0.1) is 0 Å².